The molecule has 1 aliphatic heterocycles. The summed E-state index contributed by atoms with van der Waals surface area (Å²) in [6, 6.07) is 0. The molecule has 5 rings (SSSR count). The van der Waals surface area contributed by atoms with Gasteiger partial charge in [0.1, 0.15) is 11.7 Å². The van der Waals surface area contributed by atoms with E-state index in [0.29, 0.717) is 23.9 Å². The van der Waals surface area contributed by atoms with Crippen LogP contribution in [-0.2, 0) is 14.0 Å². The van der Waals surface area contributed by atoms with Crippen LogP contribution in [0.15, 0.2) is 11.6 Å². The molecule has 0 aromatic carbocycles. The van der Waals surface area contributed by atoms with E-state index in [9.17, 15) is 9.90 Å². The molecule has 1 heterocycles. The van der Waals surface area contributed by atoms with Gasteiger partial charge in [-0.15, -0.1) is 0 Å². The van der Waals surface area contributed by atoms with Crippen LogP contribution >= 0.6 is 0 Å². The summed E-state index contributed by atoms with van der Waals surface area (Å²) in [7, 11) is -1.77. The molecule has 4 fully saturated rings. The van der Waals surface area contributed by atoms with Crippen molar-refractivity contribution in [2.45, 2.75) is 122 Å². The van der Waals surface area contributed by atoms with Gasteiger partial charge in [-0.05, 0) is 93.2 Å². The van der Waals surface area contributed by atoms with Gasteiger partial charge in [-0.1, -0.05) is 46.3 Å². The third-order valence-corrected chi connectivity index (χ3v) is 16.4. The van der Waals surface area contributed by atoms with Crippen molar-refractivity contribution in [3.05, 3.63) is 11.6 Å². The minimum atomic E-state index is -1.77. The average molecular weight is 475 g/mol. The molecule has 0 radical (unpaired) electrons. The van der Waals surface area contributed by atoms with Gasteiger partial charge < -0.3 is 14.3 Å². The minimum absolute atomic E-state index is 0.206. The van der Waals surface area contributed by atoms with Gasteiger partial charge in [-0.3, -0.25) is 4.79 Å². The van der Waals surface area contributed by atoms with Gasteiger partial charge in [-0.2, -0.15) is 0 Å². The molecule has 0 unspecified atom stereocenters. The fraction of sp³-hybridized carbons (Fsp3) is 0.893. The van der Waals surface area contributed by atoms with E-state index in [2.05, 4.69) is 53.8 Å². The molecule has 33 heavy (non-hydrogen) atoms. The lowest BCUT2D eigenvalue weighted by molar-refractivity contribution is -0.151. The summed E-state index contributed by atoms with van der Waals surface area (Å²) in [6.45, 7) is 18.4. The normalized spacial score (nSPS) is 49.5. The highest BCUT2D eigenvalue weighted by molar-refractivity contribution is 6.74. The Kier molecular flexibility index (Phi) is 5.24. The summed E-state index contributed by atoms with van der Waals surface area (Å²) in [5, 5.41) is 12.1. The van der Waals surface area contributed by atoms with Crippen molar-refractivity contribution in [2.75, 3.05) is 0 Å². The Hall–Kier alpha value is -0.653. The van der Waals surface area contributed by atoms with Crippen molar-refractivity contribution in [1.29, 1.82) is 0 Å². The molecule has 0 aromatic heterocycles. The number of ether oxygens (including phenoxy) is 1. The number of hydrogen-bond acceptors (Lipinski definition) is 4. The molecule has 9 atom stereocenters. The van der Waals surface area contributed by atoms with E-state index in [4.69, 9.17) is 9.16 Å². The van der Waals surface area contributed by atoms with Gasteiger partial charge in [0.15, 0.2) is 8.32 Å². The van der Waals surface area contributed by atoms with Crippen LogP contribution in [0.3, 0.4) is 0 Å². The van der Waals surface area contributed by atoms with Crippen LogP contribution in [0, 0.1) is 34.5 Å². The zero-order valence-corrected chi connectivity index (χ0v) is 23.2. The van der Waals surface area contributed by atoms with Crippen molar-refractivity contribution in [1.82, 2.24) is 0 Å². The molecule has 5 aliphatic rings. The summed E-state index contributed by atoms with van der Waals surface area (Å²) in [5.74, 6) is 1.05. The fourth-order valence-electron chi connectivity index (χ4n) is 8.69. The molecule has 0 spiro atoms. The average Bonchev–Trinajstić information content (AvgIpc) is 3.07. The molecule has 5 heteroatoms. The Bertz CT molecular complexity index is 874. The van der Waals surface area contributed by atoms with Crippen LogP contribution in [0.5, 0.6) is 0 Å². The topological polar surface area (TPSA) is 55.8 Å². The quantitative estimate of drug-likeness (QED) is 0.292. The Morgan fingerprint density at radius 2 is 1.85 bits per heavy atom. The van der Waals surface area contributed by atoms with Crippen molar-refractivity contribution in [3.63, 3.8) is 0 Å². The van der Waals surface area contributed by atoms with Gasteiger partial charge in [0, 0.05) is 11.5 Å². The Morgan fingerprint density at radius 3 is 2.52 bits per heavy atom. The van der Waals surface area contributed by atoms with Crippen LogP contribution in [0.1, 0.15) is 86.5 Å². The molecule has 1 saturated heterocycles. The zero-order valence-electron chi connectivity index (χ0n) is 22.2. The SMILES string of the molecule is C[C@@H]1C(=O)O[C@H]2C[C@H]3[C@@H]4CC=C5C[C@@H](O[Si](C)(C)C(C)(C)C)CC[C@]5(C)[C@H]4CC[C@]3(C)[C@]21O. The van der Waals surface area contributed by atoms with E-state index in [1.54, 1.807) is 5.57 Å². The van der Waals surface area contributed by atoms with Gasteiger partial charge >= 0.3 is 5.97 Å². The third kappa shape index (κ3) is 3.10. The van der Waals surface area contributed by atoms with Crippen molar-refractivity contribution in [3.8, 4) is 0 Å². The highest BCUT2D eigenvalue weighted by Gasteiger charge is 2.73. The molecule has 0 amide bonds. The number of fused-ring (bicyclic) bond motifs is 7. The number of carbonyl (C=O) groups excluding carboxylic acids is 1. The second kappa shape index (κ2) is 7.19. The van der Waals surface area contributed by atoms with Gasteiger partial charge in [-0.25, -0.2) is 0 Å². The lowest BCUT2D eigenvalue weighted by Gasteiger charge is -2.59. The van der Waals surface area contributed by atoms with Gasteiger partial charge in [0.2, 0.25) is 0 Å². The number of allylic oxidation sites excluding steroid dienone is 1. The Labute approximate surface area is 202 Å². The highest BCUT2D eigenvalue weighted by atomic mass is 28.4. The van der Waals surface area contributed by atoms with Crippen LogP contribution in [0.4, 0.5) is 0 Å². The van der Waals surface area contributed by atoms with E-state index >= 15 is 0 Å². The third-order valence-electron chi connectivity index (χ3n) is 11.9. The summed E-state index contributed by atoms with van der Waals surface area (Å²) < 4.78 is 12.6. The Morgan fingerprint density at radius 1 is 1.15 bits per heavy atom. The predicted octanol–water partition coefficient (Wildman–Crippen LogP) is 6.24. The number of hydrogen-bond donors (Lipinski definition) is 1. The Balaban J connectivity index is 1.38. The van der Waals surface area contributed by atoms with Crippen LogP contribution in [0.2, 0.25) is 18.1 Å². The van der Waals surface area contributed by atoms with E-state index < -0.39 is 19.8 Å². The van der Waals surface area contributed by atoms with Gasteiger partial charge in [0.25, 0.3) is 0 Å². The van der Waals surface area contributed by atoms with Crippen molar-refractivity contribution >= 4 is 14.3 Å². The van der Waals surface area contributed by atoms with Crippen LogP contribution in [0.25, 0.3) is 0 Å². The summed E-state index contributed by atoms with van der Waals surface area (Å²) in [5.41, 5.74) is 0.660. The van der Waals surface area contributed by atoms with Crippen LogP contribution < -0.4 is 0 Å². The molecule has 0 aromatic rings. The standard InChI is InChI=1S/C28H46O4Si/c1-17-24(29)31-23-16-22-20-10-9-18-15-19(32-33(7,8)25(2,3)4)11-13-26(18,5)21(20)12-14-27(22,6)28(17,23)30/h9,17,19-23,30H,10-16H2,1-8H3/t17-,19+,20-,21+,22+,23+,26+,27+,28-/m1/s1. The van der Waals surface area contributed by atoms with Crippen LogP contribution in [-0.4, -0.2) is 37.2 Å². The lowest BCUT2D eigenvalue weighted by Crippen LogP contribution is -2.58. The molecule has 186 valence electrons. The second-order valence-electron chi connectivity index (χ2n) is 14.2. The highest BCUT2D eigenvalue weighted by Crippen LogP contribution is 2.70. The molecule has 4 aliphatic carbocycles. The van der Waals surface area contributed by atoms with E-state index in [1.165, 1.54) is 6.42 Å². The van der Waals surface area contributed by atoms with E-state index in [-0.39, 0.29) is 27.9 Å². The lowest BCUT2D eigenvalue weighted by atomic mass is 9.46. The summed E-state index contributed by atoms with van der Waals surface area (Å²) in [6.07, 6.45) is 10.2. The number of aliphatic hydroxyl groups is 1. The maximum atomic E-state index is 12.3. The first-order valence-electron chi connectivity index (χ1n) is 13.5. The molecular weight excluding hydrogens is 428 g/mol. The van der Waals surface area contributed by atoms with E-state index in [1.807, 2.05) is 6.92 Å². The van der Waals surface area contributed by atoms with Crippen molar-refractivity contribution < 1.29 is 19.1 Å². The largest absolute Gasteiger partial charge is 0.459 e. The first kappa shape index (κ1) is 24.1. The van der Waals surface area contributed by atoms with Crippen molar-refractivity contribution in [2.24, 2.45) is 34.5 Å². The molecular formula is C28H46O4Si. The summed E-state index contributed by atoms with van der Waals surface area (Å²) >= 11 is 0. The molecule has 1 N–H and O–H groups in total. The number of carbonyl (C=O) groups is 1. The fourth-order valence-corrected chi connectivity index (χ4v) is 10.1. The minimum Gasteiger partial charge on any atom is -0.459 e. The molecule has 0 bridgehead atoms. The number of rotatable bonds is 2. The first-order valence-corrected chi connectivity index (χ1v) is 16.4. The summed E-state index contributed by atoms with van der Waals surface area (Å²) in [4.78, 5) is 12.3. The first-order chi connectivity index (χ1) is 15.1. The second-order valence-corrected chi connectivity index (χ2v) is 18.9. The number of esters is 1. The molecule has 3 saturated carbocycles. The zero-order chi connectivity index (χ0) is 24.2. The maximum Gasteiger partial charge on any atom is 0.312 e. The smallest absolute Gasteiger partial charge is 0.312 e. The monoisotopic (exact) mass is 474 g/mol. The van der Waals surface area contributed by atoms with E-state index in [0.717, 1.165) is 38.5 Å². The predicted molar refractivity (Wildman–Crippen MR) is 133 cm³/mol. The maximum absolute atomic E-state index is 12.3. The molecule has 4 nitrogen and oxygen atoms in total. The van der Waals surface area contributed by atoms with Gasteiger partial charge in [0.05, 0.1) is 5.92 Å².